The number of imide groups is 1. The second-order valence-corrected chi connectivity index (χ2v) is 8.42. The van der Waals surface area contributed by atoms with Crippen molar-refractivity contribution >= 4 is 52.0 Å². The Balaban J connectivity index is 1.85. The molecule has 1 aliphatic heterocycles. The van der Waals surface area contributed by atoms with Crippen molar-refractivity contribution in [3.05, 3.63) is 98.7 Å². The third-order valence-electron chi connectivity index (χ3n) is 5.26. The fourth-order valence-corrected chi connectivity index (χ4v) is 3.94. The molecule has 156 valence electrons. The van der Waals surface area contributed by atoms with Gasteiger partial charge in [0.1, 0.15) is 5.70 Å². The normalized spacial score (nSPS) is 13.9. The van der Waals surface area contributed by atoms with Crippen LogP contribution in [0.15, 0.2) is 66.4 Å². The van der Waals surface area contributed by atoms with Crippen LogP contribution < -0.4 is 10.2 Å². The average molecular weight is 451 g/mol. The highest BCUT2D eigenvalue weighted by Crippen LogP contribution is 2.36. The summed E-state index contributed by atoms with van der Waals surface area (Å²) in [5.74, 6) is -0.820. The van der Waals surface area contributed by atoms with Crippen LogP contribution in [0.3, 0.4) is 0 Å². The van der Waals surface area contributed by atoms with Crippen LogP contribution in [0.1, 0.15) is 22.3 Å². The Morgan fingerprint density at radius 3 is 2.13 bits per heavy atom. The van der Waals surface area contributed by atoms with Gasteiger partial charge in [0.2, 0.25) is 0 Å². The smallest absolute Gasteiger partial charge is 0.282 e. The number of nitrogens with one attached hydrogen (secondary N) is 1. The van der Waals surface area contributed by atoms with Crippen molar-refractivity contribution in [3.63, 3.8) is 0 Å². The largest absolute Gasteiger partial charge is 0.350 e. The summed E-state index contributed by atoms with van der Waals surface area (Å²) in [6.07, 6.45) is 0. The molecule has 0 unspecified atom stereocenters. The molecular weight excluding hydrogens is 431 g/mol. The summed E-state index contributed by atoms with van der Waals surface area (Å²) in [5.41, 5.74) is 5.25. The summed E-state index contributed by atoms with van der Waals surface area (Å²) in [7, 11) is 0. The molecule has 0 spiro atoms. The highest BCUT2D eigenvalue weighted by molar-refractivity contribution is 6.46. The van der Waals surface area contributed by atoms with Gasteiger partial charge in [-0.1, -0.05) is 53.0 Å². The van der Waals surface area contributed by atoms with Crippen LogP contribution in [0.5, 0.6) is 0 Å². The number of nitrogens with zero attached hydrogens (tertiary/aromatic N) is 1. The number of carbonyl (C=O) groups excluding carboxylic acids is 2. The van der Waals surface area contributed by atoms with Crippen LogP contribution in [-0.4, -0.2) is 11.8 Å². The molecule has 2 amide bonds. The zero-order chi connectivity index (χ0) is 22.3. The van der Waals surface area contributed by atoms with Gasteiger partial charge >= 0.3 is 0 Å². The Labute approximate surface area is 191 Å². The predicted molar refractivity (Wildman–Crippen MR) is 127 cm³/mol. The molecule has 0 aromatic heterocycles. The zero-order valence-electron chi connectivity index (χ0n) is 17.3. The van der Waals surface area contributed by atoms with Gasteiger partial charge in [0.05, 0.1) is 11.3 Å². The molecular formula is C25H20Cl2N2O2. The van der Waals surface area contributed by atoms with Crippen molar-refractivity contribution < 1.29 is 9.59 Å². The number of carbonyl (C=O) groups is 2. The zero-order valence-corrected chi connectivity index (χ0v) is 18.8. The quantitative estimate of drug-likeness (QED) is 0.473. The second kappa shape index (κ2) is 8.22. The minimum Gasteiger partial charge on any atom is -0.350 e. The molecule has 1 N–H and O–H groups in total. The fourth-order valence-electron chi connectivity index (χ4n) is 3.63. The summed E-state index contributed by atoms with van der Waals surface area (Å²) in [4.78, 5) is 28.1. The summed E-state index contributed by atoms with van der Waals surface area (Å²) >= 11 is 12.3. The molecule has 0 fully saturated rings. The lowest BCUT2D eigenvalue weighted by Gasteiger charge is -2.15. The molecule has 0 aliphatic carbocycles. The minimum absolute atomic E-state index is 0.215. The molecule has 3 aromatic rings. The SMILES string of the molecule is Cc1ccc(C2=C(Nc3ccc(C)c(Cl)c3)C(=O)N(c3ccc(Cl)cc3)C2=O)c(C)c1. The first-order valence-corrected chi connectivity index (χ1v) is 10.5. The van der Waals surface area contributed by atoms with Crippen LogP contribution in [0, 0.1) is 20.8 Å². The van der Waals surface area contributed by atoms with Gasteiger partial charge in [0, 0.05) is 15.7 Å². The van der Waals surface area contributed by atoms with E-state index in [0.717, 1.165) is 16.7 Å². The summed E-state index contributed by atoms with van der Waals surface area (Å²) in [5, 5.41) is 4.25. The number of hydrogen-bond acceptors (Lipinski definition) is 3. The van der Waals surface area contributed by atoms with E-state index in [2.05, 4.69) is 5.32 Å². The van der Waals surface area contributed by atoms with Crippen molar-refractivity contribution in [2.75, 3.05) is 10.2 Å². The van der Waals surface area contributed by atoms with Gasteiger partial charge in [0.25, 0.3) is 11.8 Å². The number of rotatable bonds is 4. The molecule has 0 atom stereocenters. The van der Waals surface area contributed by atoms with Gasteiger partial charge in [-0.3, -0.25) is 9.59 Å². The van der Waals surface area contributed by atoms with E-state index < -0.39 is 5.91 Å². The molecule has 1 heterocycles. The summed E-state index contributed by atoms with van der Waals surface area (Å²) in [6, 6.07) is 17.8. The first-order chi connectivity index (χ1) is 14.8. The van der Waals surface area contributed by atoms with Crippen LogP contribution in [0.2, 0.25) is 10.0 Å². The van der Waals surface area contributed by atoms with E-state index in [1.54, 1.807) is 30.3 Å². The molecule has 0 saturated carbocycles. The van der Waals surface area contributed by atoms with Gasteiger partial charge in [-0.15, -0.1) is 0 Å². The Morgan fingerprint density at radius 1 is 0.774 bits per heavy atom. The molecule has 3 aromatic carbocycles. The molecule has 0 saturated heterocycles. The number of aryl methyl sites for hydroxylation is 3. The molecule has 4 nitrogen and oxygen atoms in total. The third-order valence-corrected chi connectivity index (χ3v) is 5.92. The van der Waals surface area contributed by atoms with Crippen molar-refractivity contribution in [3.8, 4) is 0 Å². The molecule has 6 heteroatoms. The number of hydrogen-bond donors (Lipinski definition) is 1. The van der Waals surface area contributed by atoms with Gasteiger partial charge in [-0.05, 0) is 73.9 Å². The van der Waals surface area contributed by atoms with Crippen molar-refractivity contribution in [1.82, 2.24) is 0 Å². The van der Waals surface area contributed by atoms with Gasteiger partial charge in [-0.25, -0.2) is 4.90 Å². The second-order valence-electron chi connectivity index (χ2n) is 7.58. The van der Waals surface area contributed by atoms with Gasteiger partial charge < -0.3 is 5.32 Å². The Bertz CT molecular complexity index is 1250. The topological polar surface area (TPSA) is 49.4 Å². The van der Waals surface area contributed by atoms with E-state index in [1.165, 1.54) is 4.90 Å². The van der Waals surface area contributed by atoms with E-state index in [0.29, 0.717) is 32.6 Å². The molecule has 0 radical (unpaired) electrons. The lowest BCUT2D eigenvalue weighted by atomic mass is 9.97. The monoisotopic (exact) mass is 450 g/mol. The van der Waals surface area contributed by atoms with Crippen molar-refractivity contribution in [2.24, 2.45) is 0 Å². The van der Waals surface area contributed by atoms with E-state index in [9.17, 15) is 9.59 Å². The highest BCUT2D eigenvalue weighted by atomic mass is 35.5. The van der Waals surface area contributed by atoms with E-state index >= 15 is 0 Å². The number of amides is 2. The predicted octanol–water partition coefficient (Wildman–Crippen LogP) is 6.32. The summed E-state index contributed by atoms with van der Waals surface area (Å²) < 4.78 is 0. The Kier molecular flexibility index (Phi) is 5.61. The van der Waals surface area contributed by atoms with Crippen molar-refractivity contribution in [1.29, 1.82) is 0 Å². The number of anilines is 2. The van der Waals surface area contributed by atoms with Gasteiger partial charge in [0.15, 0.2) is 0 Å². The maximum absolute atomic E-state index is 13.5. The van der Waals surface area contributed by atoms with E-state index in [-0.39, 0.29) is 11.6 Å². The first kappa shape index (κ1) is 21.2. The average Bonchev–Trinajstić information content (AvgIpc) is 2.96. The minimum atomic E-state index is -0.431. The van der Waals surface area contributed by atoms with E-state index in [4.69, 9.17) is 23.2 Å². The maximum atomic E-state index is 13.5. The standard InChI is InChI=1S/C25H20Cl2N2O2/c1-14-4-11-20(16(3)12-14)22-23(28-18-8-5-15(2)21(27)13-18)25(31)29(24(22)30)19-9-6-17(26)7-10-19/h4-13,28H,1-3H3. The van der Waals surface area contributed by atoms with Crippen LogP contribution in [-0.2, 0) is 9.59 Å². The molecule has 1 aliphatic rings. The van der Waals surface area contributed by atoms with Crippen LogP contribution >= 0.6 is 23.2 Å². The van der Waals surface area contributed by atoms with Crippen LogP contribution in [0.4, 0.5) is 11.4 Å². The fraction of sp³-hybridized carbons (Fsp3) is 0.120. The van der Waals surface area contributed by atoms with Gasteiger partial charge in [-0.2, -0.15) is 0 Å². The van der Waals surface area contributed by atoms with Crippen molar-refractivity contribution in [2.45, 2.75) is 20.8 Å². The summed E-state index contributed by atoms with van der Waals surface area (Å²) in [6.45, 7) is 5.82. The number of halogens is 2. The van der Waals surface area contributed by atoms with E-state index in [1.807, 2.05) is 51.1 Å². The molecule has 0 bridgehead atoms. The van der Waals surface area contributed by atoms with Crippen LogP contribution in [0.25, 0.3) is 5.57 Å². The maximum Gasteiger partial charge on any atom is 0.282 e. The lowest BCUT2D eigenvalue weighted by molar-refractivity contribution is -0.120. The molecule has 31 heavy (non-hydrogen) atoms. The Hall–Kier alpha value is -3.08. The lowest BCUT2D eigenvalue weighted by Crippen LogP contribution is -2.32. The Morgan fingerprint density at radius 2 is 1.48 bits per heavy atom. The number of benzene rings is 3. The highest BCUT2D eigenvalue weighted by Gasteiger charge is 2.40. The first-order valence-electron chi connectivity index (χ1n) is 9.75. The molecule has 4 rings (SSSR count). The third kappa shape index (κ3) is 3.97.